The van der Waals surface area contributed by atoms with Gasteiger partial charge in [-0.15, -0.1) is 11.3 Å². The Morgan fingerprint density at radius 1 is 1.21 bits per heavy atom. The maximum absolute atomic E-state index is 12.5. The zero-order valence-electron chi connectivity index (χ0n) is 16.1. The lowest BCUT2D eigenvalue weighted by Gasteiger charge is -2.32. The Balaban J connectivity index is 1.26. The molecule has 0 aliphatic carbocycles. The van der Waals surface area contributed by atoms with Crippen molar-refractivity contribution < 1.29 is 9.21 Å². The first-order chi connectivity index (χ1) is 13.7. The Labute approximate surface area is 169 Å². The largest absolute Gasteiger partial charge is 0.440 e. The molecule has 0 atom stereocenters. The van der Waals surface area contributed by atoms with Gasteiger partial charge in [0.25, 0.3) is 0 Å². The van der Waals surface area contributed by atoms with Gasteiger partial charge in [0.2, 0.25) is 11.8 Å². The molecule has 1 fully saturated rings. The number of nitrogens with zero attached hydrogens (tertiary/aromatic N) is 2. The molecule has 0 bridgehead atoms. The Morgan fingerprint density at radius 2 is 2.00 bits per heavy atom. The summed E-state index contributed by atoms with van der Waals surface area (Å²) in [5.74, 6) is 1.34. The van der Waals surface area contributed by atoms with E-state index in [2.05, 4.69) is 39.5 Å². The second-order valence-corrected chi connectivity index (χ2v) is 8.23. The summed E-state index contributed by atoms with van der Waals surface area (Å²) in [4.78, 5) is 20.5. The molecule has 5 nitrogen and oxygen atoms in total. The van der Waals surface area contributed by atoms with Crippen LogP contribution in [0.25, 0.3) is 10.8 Å². The van der Waals surface area contributed by atoms with Crippen molar-refractivity contribution in [1.29, 1.82) is 0 Å². The highest BCUT2D eigenvalue weighted by Crippen LogP contribution is 2.26. The number of amides is 1. The number of aromatic nitrogens is 1. The van der Waals surface area contributed by atoms with E-state index >= 15 is 0 Å². The van der Waals surface area contributed by atoms with Crippen LogP contribution in [-0.2, 0) is 17.8 Å². The fourth-order valence-corrected chi connectivity index (χ4v) is 4.25. The van der Waals surface area contributed by atoms with Gasteiger partial charge in [-0.25, -0.2) is 4.98 Å². The summed E-state index contributed by atoms with van der Waals surface area (Å²) in [6.45, 7) is 4.86. The average Bonchev–Trinajstić information content (AvgIpc) is 3.35. The summed E-state index contributed by atoms with van der Waals surface area (Å²) in [6, 6.07) is 14.7. The quantitative estimate of drug-likeness (QED) is 0.684. The highest BCUT2D eigenvalue weighted by atomic mass is 32.1. The molecule has 0 radical (unpaired) electrons. The first-order valence-electron chi connectivity index (χ1n) is 9.73. The number of hydrogen-bond donors (Lipinski definition) is 1. The molecule has 4 rings (SSSR count). The molecular formula is C22H25N3O2S. The van der Waals surface area contributed by atoms with E-state index in [0.717, 1.165) is 48.8 Å². The number of hydrogen-bond acceptors (Lipinski definition) is 5. The number of piperidine rings is 1. The highest BCUT2D eigenvalue weighted by Gasteiger charge is 2.22. The lowest BCUT2D eigenvalue weighted by atomic mass is 10.0. The number of oxazole rings is 1. The third-order valence-electron chi connectivity index (χ3n) is 5.15. The van der Waals surface area contributed by atoms with Gasteiger partial charge in [0.15, 0.2) is 0 Å². The summed E-state index contributed by atoms with van der Waals surface area (Å²) in [6.07, 6.45) is 2.23. The zero-order chi connectivity index (χ0) is 19.3. The van der Waals surface area contributed by atoms with E-state index in [0.29, 0.717) is 5.89 Å². The van der Waals surface area contributed by atoms with Crippen LogP contribution in [0.1, 0.15) is 29.9 Å². The van der Waals surface area contributed by atoms with Gasteiger partial charge in [-0.3, -0.25) is 9.69 Å². The SMILES string of the molecule is Cc1oc(-c2cccs2)nc1CC(=O)NC1CCN(Cc2ccccc2)CC1. The summed E-state index contributed by atoms with van der Waals surface area (Å²) in [5, 5.41) is 5.17. The summed E-state index contributed by atoms with van der Waals surface area (Å²) >= 11 is 1.58. The summed E-state index contributed by atoms with van der Waals surface area (Å²) in [5.41, 5.74) is 2.07. The van der Waals surface area contributed by atoms with E-state index < -0.39 is 0 Å². The van der Waals surface area contributed by atoms with Crippen LogP contribution in [0.4, 0.5) is 0 Å². The van der Waals surface area contributed by atoms with Crippen molar-refractivity contribution in [1.82, 2.24) is 15.2 Å². The number of rotatable bonds is 6. The molecule has 1 aliphatic rings. The fraction of sp³-hybridized carbons (Fsp3) is 0.364. The van der Waals surface area contributed by atoms with E-state index in [4.69, 9.17) is 4.42 Å². The van der Waals surface area contributed by atoms with Crippen LogP contribution < -0.4 is 5.32 Å². The molecule has 146 valence electrons. The van der Waals surface area contributed by atoms with Gasteiger partial charge < -0.3 is 9.73 Å². The van der Waals surface area contributed by atoms with Crippen LogP contribution >= 0.6 is 11.3 Å². The van der Waals surface area contributed by atoms with E-state index in [1.54, 1.807) is 11.3 Å². The van der Waals surface area contributed by atoms with Crippen molar-refractivity contribution >= 4 is 17.2 Å². The third-order valence-corrected chi connectivity index (χ3v) is 6.01. The predicted molar refractivity (Wildman–Crippen MR) is 111 cm³/mol. The molecule has 1 aliphatic heterocycles. The summed E-state index contributed by atoms with van der Waals surface area (Å²) in [7, 11) is 0. The van der Waals surface area contributed by atoms with Crippen LogP contribution in [0.5, 0.6) is 0 Å². The van der Waals surface area contributed by atoms with E-state index in [-0.39, 0.29) is 18.4 Å². The lowest BCUT2D eigenvalue weighted by Crippen LogP contribution is -2.44. The number of carbonyl (C=O) groups excluding carboxylic acids is 1. The highest BCUT2D eigenvalue weighted by molar-refractivity contribution is 7.13. The number of thiophene rings is 1. The normalized spacial score (nSPS) is 15.6. The topological polar surface area (TPSA) is 58.4 Å². The van der Waals surface area contributed by atoms with Crippen molar-refractivity contribution in [3.8, 4) is 10.8 Å². The molecule has 28 heavy (non-hydrogen) atoms. The first-order valence-corrected chi connectivity index (χ1v) is 10.6. The molecule has 1 amide bonds. The number of likely N-dealkylation sites (tertiary alicyclic amines) is 1. The molecule has 6 heteroatoms. The maximum Gasteiger partial charge on any atom is 0.236 e. The molecule has 2 aromatic heterocycles. The predicted octanol–water partition coefficient (Wildman–Crippen LogP) is 4.03. The smallest absolute Gasteiger partial charge is 0.236 e. The van der Waals surface area contributed by atoms with Gasteiger partial charge in [0.05, 0.1) is 17.0 Å². The van der Waals surface area contributed by atoms with E-state index in [1.807, 2.05) is 30.5 Å². The van der Waals surface area contributed by atoms with Crippen LogP contribution in [0.3, 0.4) is 0 Å². The standard InChI is InChI=1S/C22H25N3O2S/c1-16-19(24-22(27-16)20-8-5-13-28-20)14-21(26)23-18-9-11-25(12-10-18)15-17-6-3-2-4-7-17/h2-8,13,18H,9-12,14-15H2,1H3,(H,23,26). The van der Waals surface area contributed by atoms with Crippen molar-refractivity contribution in [3.05, 3.63) is 64.9 Å². The number of carbonyl (C=O) groups is 1. The van der Waals surface area contributed by atoms with Crippen LogP contribution in [0.2, 0.25) is 0 Å². The average molecular weight is 396 g/mol. The van der Waals surface area contributed by atoms with Crippen LogP contribution in [-0.4, -0.2) is 34.9 Å². The minimum Gasteiger partial charge on any atom is -0.440 e. The second kappa shape index (κ2) is 8.71. The minimum absolute atomic E-state index is 0.0237. The zero-order valence-corrected chi connectivity index (χ0v) is 16.9. The Morgan fingerprint density at radius 3 is 2.71 bits per heavy atom. The van der Waals surface area contributed by atoms with Crippen molar-refractivity contribution in [2.75, 3.05) is 13.1 Å². The molecule has 3 aromatic rings. The Bertz CT molecular complexity index is 897. The lowest BCUT2D eigenvalue weighted by molar-refractivity contribution is -0.121. The monoisotopic (exact) mass is 395 g/mol. The maximum atomic E-state index is 12.5. The molecule has 0 unspecified atom stereocenters. The van der Waals surface area contributed by atoms with Crippen LogP contribution in [0.15, 0.2) is 52.3 Å². The van der Waals surface area contributed by atoms with Crippen molar-refractivity contribution in [2.24, 2.45) is 0 Å². The number of nitrogens with one attached hydrogen (secondary N) is 1. The molecule has 0 saturated carbocycles. The van der Waals surface area contributed by atoms with Gasteiger partial charge in [-0.1, -0.05) is 36.4 Å². The number of aryl methyl sites for hydroxylation is 1. The fourth-order valence-electron chi connectivity index (χ4n) is 3.61. The first kappa shape index (κ1) is 18.9. The van der Waals surface area contributed by atoms with E-state index in [9.17, 15) is 4.79 Å². The van der Waals surface area contributed by atoms with Gasteiger partial charge in [-0.05, 0) is 36.8 Å². The van der Waals surface area contributed by atoms with Gasteiger partial charge in [0.1, 0.15) is 5.76 Å². The van der Waals surface area contributed by atoms with Crippen molar-refractivity contribution in [3.63, 3.8) is 0 Å². The Hall–Kier alpha value is -2.44. The third kappa shape index (κ3) is 4.69. The second-order valence-electron chi connectivity index (χ2n) is 7.28. The minimum atomic E-state index is 0.0237. The Kier molecular flexibility index (Phi) is 5.88. The van der Waals surface area contributed by atoms with E-state index in [1.165, 1.54) is 5.56 Å². The summed E-state index contributed by atoms with van der Waals surface area (Å²) < 4.78 is 5.73. The molecule has 0 spiro atoms. The molecule has 1 aromatic carbocycles. The van der Waals surface area contributed by atoms with Crippen molar-refractivity contribution in [2.45, 2.75) is 38.8 Å². The van der Waals surface area contributed by atoms with Gasteiger partial charge in [-0.2, -0.15) is 0 Å². The van der Waals surface area contributed by atoms with Gasteiger partial charge >= 0.3 is 0 Å². The molecular weight excluding hydrogens is 370 g/mol. The molecule has 3 heterocycles. The molecule has 1 saturated heterocycles. The van der Waals surface area contributed by atoms with Crippen LogP contribution in [0, 0.1) is 6.92 Å². The van der Waals surface area contributed by atoms with Gasteiger partial charge in [0, 0.05) is 25.7 Å². The number of benzene rings is 1. The molecule has 1 N–H and O–H groups in total.